The Hall–Kier alpha value is -1.66. The van der Waals surface area contributed by atoms with Gasteiger partial charge in [-0.2, -0.15) is 4.31 Å². The zero-order chi connectivity index (χ0) is 18.9. The first-order valence-electron chi connectivity index (χ1n) is 9.38. The van der Waals surface area contributed by atoms with Gasteiger partial charge < -0.3 is 4.52 Å². The molecule has 0 saturated heterocycles. The molecule has 1 aromatic carbocycles. The Morgan fingerprint density at radius 1 is 1.12 bits per heavy atom. The van der Waals surface area contributed by atoms with Gasteiger partial charge in [0.1, 0.15) is 0 Å². The fourth-order valence-electron chi connectivity index (χ4n) is 3.88. The zero-order valence-corrected chi connectivity index (χ0v) is 16.8. The highest BCUT2D eigenvalue weighted by Gasteiger charge is 2.35. The standard InChI is InChI=1S/C20H28N2O3S/c1-14(2)22(18-8-6-5-7-9-18)26(23,24)20-13-17(11-10-15(20)3)19-12-16(4)21-25-19/h10-14,18H,5-9H2,1-4H3. The van der Waals surface area contributed by atoms with Crippen LogP contribution in [0, 0.1) is 13.8 Å². The van der Waals surface area contributed by atoms with Crippen molar-refractivity contribution in [3.63, 3.8) is 0 Å². The van der Waals surface area contributed by atoms with Crippen molar-refractivity contribution in [1.82, 2.24) is 9.46 Å². The van der Waals surface area contributed by atoms with Crippen LogP contribution in [0.2, 0.25) is 0 Å². The Morgan fingerprint density at radius 2 is 1.81 bits per heavy atom. The largest absolute Gasteiger partial charge is 0.356 e. The van der Waals surface area contributed by atoms with Gasteiger partial charge in [0.25, 0.3) is 0 Å². The van der Waals surface area contributed by atoms with Crippen LogP contribution in [0.4, 0.5) is 0 Å². The van der Waals surface area contributed by atoms with Crippen LogP contribution in [-0.2, 0) is 10.0 Å². The Balaban J connectivity index is 2.04. The third kappa shape index (κ3) is 3.71. The smallest absolute Gasteiger partial charge is 0.243 e. The minimum absolute atomic E-state index is 0.0707. The second-order valence-corrected chi connectivity index (χ2v) is 9.34. The fraction of sp³-hybridized carbons (Fsp3) is 0.550. The molecule has 0 aliphatic heterocycles. The molecule has 0 spiro atoms. The molecule has 0 radical (unpaired) electrons. The second kappa shape index (κ2) is 7.53. The predicted octanol–water partition coefficient (Wildman–Crippen LogP) is 4.69. The van der Waals surface area contributed by atoms with Crippen molar-refractivity contribution in [2.45, 2.75) is 76.8 Å². The number of nitrogens with zero attached hydrogens (tertiary/aromatic N) is 2. The van der Waals surface area contributed by atoms with E-state index in [-0.39, 0.29) is 12.1 Å². The van der Waals surface area contributed by atoms with E-state index in [2.05, 4.69) is 5.16 Å². The fourth-order valence-corrected chi connectivity index (χ4v) is 6.01. The van der Waals surface area contributed by atoms with Crippen LogP contribution >= 0.6 is 0 Å². The van der Waals surface area contributed by atoms with Crippen molar-refractivity contribution in [2.75, 3.05) is 0 Å². The van der Waals surface area contributed by atoms with E-state index in [4.69, 9.17) is 4.52 Å². The number of rotatable bonds is 5. The van der Waals surface area contributed by atoms with Crippen molar-refractivity contribution < 1.29 is 12.9 Å². The quantitative estimate of drug-likeness (QED) is 0.759. The van der Waals surface area contributed by atoms with E-state index in [9.17, 15) is 8.42 Å². The third-order valence-electron chi connectivity index (χ3n) is 5.10. The summed E-state index contributed by atoms with van der Waals surface area (Å²) >= 11 is 0. The molecule has 0 N–H and O–H groups in total. The van der Waals surface area contributed by atoms with E-state index in [0.717, 1.165) is 42.5 Å². The molecule has 6 heteroatoms. The first-order chi connectivity index (χ1) is 12.3. The van der Waals surface area contributed by atoms with Crippen LogP contribution in [0.5, 0.6) is 0 Å². The van der Waals surface area contributed by atoms with Crippen LogP contribution in [0.25, 0.3) is 11.3 Å². The Morgan fingerprint density at radius 3 is 2.38 bits per heavy atom. The maximum Gasteiger partial charge on any atom is 0.243 e. The molecule has 1 saturated carbocycles. The zero-order valence-electron chi connectivity index (χ0n) is 16.0. The average molecular weight is 377 g/mol. The molecule has 142 valence electrons. The van der Waals surface area contributed by atoms with E-state index >= 15 is 0 Å². The molecule has 0 bridgehead atoms. The van der Waals surface area contributed by atoms with Crippen molar-refractivity contribution in [3.05, 3.63) is 35.5 Å². The summed E-state index contributed by atoms with van der Waals surface area (Å²) < 4.78 is 34.2. The minimum Gasteiger partial charge on any atom is -0.356 e. The third-order valence-corrected chi connectivity index (χ3v) is 7.37. The van der Waals surface area contributed by atoms with Gasteiger partial charge >= 0.3 is 0 Å². The van der Waals surface area contributed by atoms with E-state index < -0.39 is 10.0 Å². The van der Waals surface area contributed by atoms with Crippen LogP contribution < -0.4 is 0 Å². The normalized spacial score (nSPS) is 16.5. The minimum atomic E-state index is -3.58. The van der Waals surface area contributed by atoms with Crippen molar-refractivity contribution in [3.8, 4) is 11.3 Å². The summed E-state index contributed by atoms with van der Waals surface area (Å²) in [6.45, 7) is 7.63. The summed E-state index contributed by atoms with van der Waals surface area (Å²) in [5.74, 6) is 0.590. The van der Waals surface area contributed by atoms with E-state index in [1.54, 1.807) is 10.4 Å². The molecule has 3 rings (SSSR count). The molecule has 0 unspecified atom stereocenters. The molecular formula is C20H28N2O3S. The van der Waals surface area contributed by atoms with Gasteiger partial charge in [0.05, 0.1) is 10.6 Å². The van der Waals surface area contributed by atoms with E-state index in [0.29, 0.717) is 10.7 Å². The molecule has 0 atom stereocenters. The molecule has 1 aromatic heterocycles. The monoisotopic (exact) mass is 376 g/mol. The van der Waals surface area contributed by atoms with Crippen molar-refractivity contribution in [1.29, 1.82) is 0 Å². The molecule has 5 nitrogen and oxygen atoms in total. The van der Waals surface area contributed by atoms with Gasteiger partial charge in [-0.15, -0.1) is 0 Å². The summed E-state index contributed by atoms with van der Waals surface area (Å²) in [6.07, 6.45) is 5.27. The molecule has 1 aliphatic carbocycles. The summed E-state index contributed by atoms with van der Waals surface area (Å²) in [6, 6.07) is 7.29. The lowest BCUT2D eigenvalue weighted by molar-refractivity contribution is 0.220. The number of aromatic nitrogens is 1. The van der Waals surface area contributed by atoms with E-state index in [1.807, 2.05) is 45.9 Å². The van der Waals surface area contributed by atoms with Crippen LogP contribution in [0.15, 0.2) is 33.7 Å². The molecule has 0 amide bonds. The van der Waals surface area contributed by atoms with Gasteiger partial charge in [-0.1, -0.05) is 36.6 Å². The van der Waals surface area contributed by atoms with Gasteiger partial charge in [-0.05, 0) is 52.2 Å². The lowest BCUT2D eigenvalue weighted by Crippen LogP contribution is -2.45. The molecule has 2 aromatic rings. The van der Waals surface area contributed by atoms with Gasteiger partial charge in [0, 0.05) is 23.7 Å². The van der Waals surface area contributed by atoms with E-state index in [1.165, 1.54) is 6.42 Å². The Kier molecular flexibility index (Phi) is 5.53. The van der Waals surface area contributed by atoms with Crippen molar-refractivity contribution >= 4 is 10.0 Å². The first-order valence-corrected chi connectivity index (χ1v) is 10.8. The first kappa shape index (κ1) is 19.1. The van der Waals surface area contributed by atoms with Gasteiger partial charge in [-0.3, -0.25) is 0 Å². The summed E-state index contributed by atoms with van der Waals surface area (Å²) in [5, 5.41) is 3.91. The van der Waals surface area contributed by atoms with Crippen molar-refractivity contribution in [2.24, 2.45) is 0 Å². The Labute approximate surface area is 156 Å². The number of hydrogen-bond acceptors (Lipinski definition) is 4. The molecule has 1 fully saturated rings. The van der Waals surface area contributed by atoms with Crippen LogP contribution in [-0.4, -0.2) is 30.0 Å². The molecular weight excluding hydrogens is 348 g/mol. The van der Waals surface area contributed by atoms with Crippen LogP contribution in [0.3, 0.4) is 0 Å². The lowest BCUT2D eigenvalue weighted by atomic mass is 9.95. The van der Waals surface area contributed by atoms with Gasteiger partial charge in [0.2, 0.25) is 10.0 Å². The number of benzene rings is 1. The highest BCUT2D eigenvalue weighted by molar-refractivity contribution is 7.89. The highest BCUT2D eigenvalue weighted by atomic mass is 32.2. The second-order valence-electron chi connectivity index (χ2n) is 7.53. The number of sulfonamides is 1. The topological polar surface area (TPSA) is 63.4 Å². The Bertz CT molecular complexity index is 865. The number of aryl methyl sites for hydroxylation is 2. The maximum absolute atomic E-state index is 13.6. The summed E-state index contributed by atoms with van der Waals surface area (Å²) in [5.41, 5.74) is 2.27. The SMILES string of the molecule is Cc1cc(-c2ccc(C)c(S(=O)(=O)N(C(C)C)C3CCCCC3)c2)on1. The molecule has 1 aliphatic rings. The molecule has 1 heterocycles. The lowest BCUT2D eigenvalue weighted by Gasteiger charge is -2.36. The highest BCUT2D eigenvalue weighted by Crippen LogP contribution is 2.33. The van der Waals surface area contributed by atoms with Gasteiger partial charge in [-0.25, -0.2) is 8.42 Å². The maximum atomic E-state index is 13.6. The molecule has 26 heavy (non-hydrogen) atoms. The van der Waals surface area contributed by atoms with Crippen LogP contribution in [0.1, 0.15) is 57.2 Å². The summed E-state index contributed by atoms with van der Waals surface area (Å²) in [4.78, 5) is 0.364. The average Bonchev–Trinajstić information content (AvgIpc) is 3.02. The predicted molar refractivity (Wildman–Crippen MR) is 102 cm³/mol. The van der Waals surface area contributed by atoms with Gasteiger partial charge in [0.15, 0.2) is 5.76 Å². The summed E-state index contributed by atoms with van der Waals surface area (Å²) in [7, 11) is -3.58. The number of hydrogen-bond donors (Lipinski definition) is 0.